The predicted octanol–water partition coefficient (Wildman–Crippen LogP) is 3.61. The zero-order valence-electron chi connectivity index (χ0n) is 17.6. The molecule has 0 aliphatic carbocycles. The highest BCUT2D eigenvalue weighted by molar-refractivity contribution is 7.11. The van der Waals surface area contributed by atoms with Gasteiger partial charge in [-0.2, -0.15) is 0 Å². The SMILES string of the molecule is Cc1ncc(COC(=O)N[C@@H](Cc2ccccc2)C[C@H](O)C(N)Cc2ccccc2)s1. The Morgan fingerprint density at radius 2 is 1.71 bits per heavy atom. The molecule has 4 N–H and O–H groups in total. The molecule has 0 aliphatic heterocycles. The van der Waals surface area contributed by atoms with Crippen LogP contribution in [0.25, 0.3) is 0 Å². The highest BCUT2D eigenvalue weighted by Crippen LogP contribution is 2.14. The van der Waals surface area contributed by atoms with E-state index >= 15 is 0 Å². The van der Waals surface area contributed by atoms with Crippen LogP contribution in [0.1, 0.15) is 27.4 Å². The van der Waals surface area contributed by atoms with Crippen LogP contribution in [-0.4, -0.2) is 34.4 Å². The van der Waals surface area contributed by atoms with Crippen LogP contribution in [-0.2, 0) is 24.2 Å². The summed E-state index contributed by atoms with van der Waals surface area (Å²) in [6, 6.07) is 18.9. The molecule has 3 aromatic rings. The predicted molar refractivity (Wildman–Crippen MR) is 123 cm³/mol. The van der Waals surface area contributed by atoms with Crippen LogP contribution in [0.4, 0.5) is 4.79 Å². The summed E-state index contributed by atoms with van der Waals surface area (Å²) in [4.78, 5) is 17.5. The van der Waals surface area contributed by atoms with Crippen LogP contribution in [0.3, 0.4) is 0 Å². The highest BCUT2D eigenvalue weighted by Gasteiger charge is 2.23. The van der Waals surface area contributed by atoms with Gasteiger partial charge < -0.3 is 20.9 Å². The fourth-order valence-electron chi connectivity index (χ4n) is 3.40. The first-order chi connectivity index (χ1) is 15.0. The summed E-state index contributed by atoms with van der Waals surface area (Å²) in [6.45, 7) is 2.08. The molecular formula is C24H29N3O3S. The lowest BCUT2D eigenvalue weighted by Gasteiger charge is -2.25. The molecule has 1 amide bonds. The molecule has 0 saturated heterocycles. The fraction of sp³-hybridized carbons (Fsp3) is 0.333. The molecule has 3 atom stereocenters. The van der Waals surface area contributed by atoms with Crippen molar-refractivity contribution in [2.75, 3.05) is 0 Å². The Hall–Kier alpha value is -2.74. The molecule has 0 radical (unpaired) electrons. The summed E-state index contributed by atoms with van der Waals surface area (Å²) in [5.74, 6) is 0. The molecule has 3 rings (SSSR count). The van der Waals surface area contributed by atoms with Gasteiger partial charge in [0.2, 0.25) is 0 Å². The Morgan fingerprint density at radius 3 is 2.29 bits per heavy atom. The fourth-order valence-corrected chi connectivity index (χ4v) is 4.11. The first-order valence-corrected chi connectivity index (χ1v) is 11.2. The van der Waals surface area contributed by atoms with Gasteiger partial charge in [-0.1, -0.05) is 60.7 Å². The summed E-state index contributed by atoms with van der Waals surface area (Å²) >= 11 is 1.49. The largest absolute Gasteiger partial charge is 0.444 e. The molecule has 1 aromatic heterocycles. The number of thiazole rings is 1. The van der Waals surface area contributed by atoms with Crippen molar-refractivity contribution < 1.29 is 14.6 Å². The maximum Gasteiger partial charge on any atom is 0.407 e. The van der Waals surface area contributed by atoms with Crippen molar-refractivity contribution in [3.05, 3.63) is 87.9 Å². The van der Waals surface area contributed by atoms with Crippen molar-refractivity contribution in [3.8, 4) is 0 Å². The Morgan fingerprint density at radius 1 is 1.10 bits per heavy atom. The second-order valence-electron chi connectivity index (χ2n) is 7.61. The minimum atomic E-state index is -0.765. The lowest BCUT2D eigenvalue weighted by molar-refractivity contribution is 0.110. The van der Waals surface area contributed by atoms with E-state index in [4.69, 9.17) is 10.5 Å². The van der Waals surface area contributed by atoms with E-state index in [-0.39, 0.29) is 12.6 Å². The number of hydrogen-bond acceptors (Lipinski definition) is 6. The number of carbonyl (C=O) groups excluding carboxylic acids is 1. The van der Waals surface area contributed by atoms with Crippen LogP contribution in [0.5, 0.6) is 0 Å². The quantitative estimate of drug-likeness (QED) is 0.448. The summed E-state index contributed by atoms with van der Waals surface area (Å²) in [5.41, 5.74) is 8.39. The molecule has 7 heteroatoms. The number of aliphatic hydroxyl groups excluding tert-OH is 1. The molecule has 1 unspecified atom stereocenters. The molecule has 31 heavy (non-hydrogen) atoms. The molecule has 0 aliphatic rings. The summed E-state index contributed by atoms with van der Waals surface area (Å²) in [7, 11) is 0. The second kappa shape index (κ2) is 11.6. The van der Waals surface area contributed by atoms with Crippen molar-refractivity contribution in [2.24, 2.45) is 5.73 Å². The van der Waals surface area contributed by atoms with Crippen LogP contribution >= 0.6 is 11.3 Å². The lowest BCUT2D eigenvalue weighted by Crippen LogP contribution is -2.44. The number of nitrogens with two attached hydrogens (primary N) is 1. The van der Waals surface area contributed by atoms with E-state index in [0.717, 1.165) is 21.0 Å². The summed E-state index contributed by atoms with van der Waals surface area (Å²) in [6.07, 6.45) is 1.90. The number of nitrogens with zero attached hydrogens (tertiary/aromatic N) is 1. The van der Waals surface area contributed by atoms with Crippen LogP contribution in [0, 0.1) is 6.92 Å². The van der Waals surface area contributed by atoms with Gasteiger partial charge in [-0.15, -0.1) is 11.3 Å². The molecule has 1 heterocycles. The van der Waals surface area contributed by atoms with Gasteiger partial charge in [0.25, 0.3) is 0 Å². The van der Waals surface area contributed by atoms with Crippen molar-refractivity contribution >= 4 is 17.4 Å². The third-order valence-electron chi connectivity index (χ3n) is 5.00. The Balaban J connectivity index is 1.58. The number of ether oxygens (including phenoxy) is 1. The van der Waals surface area contributed by atoms with Crippen LogP contribution < -0.4 is 11.1 Å². The van der Waals surface area contributed by atoms with E-state index in [0.29, 0.717) is 19.3 Å². The average molecular weight is 440 g/mol. The van der Waals surface area contributed by atoms with Gasteiger partial charge in [-0.25, -0.2) is 9.78 Å². The minimum absolute atomic E-state index is 0.172. The second-order valence-corrected chi connectivity index (χ2v) is 8.93. The van der Waals surface area contributed by atoms with E-state index in [1.54, 1.807) is 6.20 Å². The lowest BCUT2D eigenvalue weighted by atomic mass is 9.94. The maximum atomic E-state index is 12.4. The van der Waals surface area contributed by atoms with Crippen LogP contribution in [0.2, 0.25) is 0 Å². The Bertz CT molecular complexity index is 934. The monoisotopic (exact) mass is 439 g/mol. The van der Waals surface area contributed by atoms with Crippen molar-refractivity contribution in [2.45, 2.75) is 51.0 Å². The summed E-state index contributed by atoms with van der Waals surface area (Å²) in [5, 5.41) is 14.6. The Labute approximate surface area is 187 Å². The zero-order valence-corrected chi connectivity index (χ0v) is 18.4. The summed E-state index contributed by atoms with van der Waals surface area (Å²) < 4.78 is 5.35. The molecule has 0 fully saturated rings. The van der Waals surface area contributed by atoms with Gasteiger partial charge in [-0.3, -0.25) is 0 Å². The van der Waals surface area contributed by atoms with E-state index in [1.807, 2.05) is 67.6 Å². The smallest absolute Gasteiger partial charge is 0.407 e. The first kappa shape index (κ1) is 22.9. The van der Waals surface area contributed by atoms with Gasteiger partial charge >= 0.3 is 6.09 Å². The van der Waals surface area contributed by atoms with Gasteiger partial charge in [0, 0.05) is 18.3 Å². The highest BCUT2D eigenvalue weighted by atomic mass is 32.1. The normalized spacial score (nSPS) is 13.9. The van der Waals surface area contributed by atoms with E-state index in [1.165, 1.54) is 11.3 Å². The van der Waals surface area contributed by atoms with Gasteiger partial charge in [0.1, 0.15) is 6.61 Å². The average Bonchev–Trinajstić information content (AvgIpc) is 3.19. The number of rotatable bonds is 10. The van der Waals surface area contributed by atoms with E-state index in [9.17, 15) is 9.90 Å². The number of hydrogen-bond donors (Lipinski definition) is 3. The van der Waals surface area contributed by atoms with Gasteiger partial charge in [0.15, 0.2) is 0 Å². The molecule has 0 spiro atoms. The number of aliphatic hydroxyl groups is 1. The van der Waals surface area contributed by atoms with Crippen molar-refractivity contribution in [1.29, 1.82) is 0 Å². The number of aryl methyl sites for hydroxylation is 1. The number of alkyl carbamates (subject to hydrolysis) is 1. The topological polar surface area (TPSA) is 97.5 Å². The maximum absolute atomic E-state index is 12.4. The molecule has 164 valence electrons. The van der Waals surface area contributed by atoms with Crippen molar-refractivity contribution in [3.63, 3.8) is 0 Å². The van der Waals surface area contributed by atoms with Crippen molar-refractivity contribution in [1.82, 2.24) is 10.3 Å². The third-order valence-corrected chi connectivity index (χ3v) is 5.88. The minimum Gasteiger partial charge on any atom is -0.444 e. The number of benzene rings is 2. The standard InChI is InChI=1S/C24H29N3O3S/c1-17-26-15-21(31-17)16-30-24(29)27-20(12-18-8-4-2-5-9-18)14-23(28)22(25)13-19-10-6-3-7-11-19/h2-11,15,20,22-23,28H,12-14,16,25H2,1H3,(H,27,29)/t20-,22?,23-/m0/s1. The number of nitrogens with one attached hydrogen (secondary N) is 1. The molecule has 6 nitrogen and oxygen atoms in total. The Kier molecular flexibility index (Phi) is 8.58. The van der Waals surface area contributed by atoms with Gasteiger partial charge in [-0.05, 0) is 37.3 Å². The first-order valence-electron chi connectivity index (χ1n) is 10.4. The van der Waals surface area contributed by atoms with E-state index < -0.39 is 18.2 Å². The molecular weight excluding hydrogens is 410 g/mol. The van der Waals surface area contributed by atoms with E-state index in [2.05, 4.69) is 10.3 Å². The third kappa shape index (κ3) is 7.79. The zero-order chi connectivity index (χ0) is 22.1. The number of carbonyl (C=O) groups is 1. The number of amides is 1. The molecule has 2 aromatic carbocycles. The van der Waals surface area contributed by atoms with Gasteiger partial charge in [0.05, 0.1) is 16.0 Å². The molecule has 0 saturated carbocycles. The molecule has 0 bridgehead atoms. The van der Waals surface area contributed by atoms with Crippen LogP contribution in [0.15, 0.2) is 66.9 Å². The number of aromatic nitrogens is 1.